The Hall–Kier alpha value is -0.700. The maximum Gasteiger partial charge on any atom is 0.182 e. The number of aryl methyl sites for hydroxylation is 1. The molecule has 1 saturated carbocycles. The molecule has 0 saturated heterocycles. The van der Waals surface area contributed by atoms with Crippen molar-refractivity contribution in [2.24, 2.45) is 5.92 Å². The van der Waals surface area contributed by atoms with Crippen molar-refractivity contribution in [2.45, 2.75) is 51.4 Å². The summed E-state index contributed by atoms with van der Waals surface area (Å²) in [5, 5.41) is 1.24. The number of aromatic nitrogens is 1. The fourth-order valence-corrected chi connectivity index (χ4v) is 4.16. The zero-order chi connectivity index (χ0) is 11.1. The first kappa shape index (κ1) is 10.5. The molecule has 2 unspecified atom stereocenters. The van der Waals surface area contributed by atoms with Crippen LogP contribution in [0, 0.1) is 5.92 Å². The summed E-state index contributed by atoms with van der Waals surface area (Å²) in [6.45, 7) is 2.32. The highest BCUT2D eigenvalue weighted by atomic mass is 32.1. The van der Waals surface area contributed by atoms with Gasteiger partial charge in [-0.05, 0) is 31.6 Å². The molecule has 0 spiro atoms. The number of rotatable bonds is 1. The molecule has 0 amide bonds. The van der Waals surface area contributed by atoms with Gasteiger partial charge < -0.3 is 0 Å². The molecule has 1 fully saturated rings. The van der Waals surface area contributed by atoms with E-state index in [9.17, 15) is 4.79 Å². The van der Waals surface area contributed by atoms with Crippen molar-refractivity contribution in [1.29, 1.82) is 0 Å². The van der Waals surface area contributed by atoms with Gasteiger partial charge in [-0.3, -0.25) is 4.79 Å². The molecule has 3 heteroatoms. The summed E-state index contributed by atoms with van der Waals surface area (Å²) in [4.78, 5) is 17.6. The maximum atomic E-state index is 11.7. The van der Waals surface area contributed by atoms with E-state index in [4.69, 9.17) is 0 Å². The van der Waals surface area contributed by atoms with Crippen LogP contribution in [-0.2, 0) is 6.42 Å². The summed E-state index contributed by atoms with van der Waals surface area (Å²) in [5.74, 6) is 1.75. The van der Waals surface area contributed by atoms with Crippen molar-refractivity contribution in [1.82, 2.24) is 4.98 Å². The van der Waals surface area contributed by atoms with E-state index in [1.54, 1.807) is 11.3 Å². The molecule has 2 aliphatic rings. The van der Waals surface area contributed by atoms with Crippen LogP contribution in [-0.4, -0.2) is 10.8 Å². The second-order valence-electron chi connectivity index (χ2n) is 5.22. The van der Waals surface area contributed by atoms with Crippen molar-refractivity contribution < 1.29 is 4.79 Å². The van der Waals surface area contributed by atoms with Crippen molar-refractivity contribution in [3.63, 3.8) is 0 Å². The molecular formula is C13H17NOS. The zero-order valence-corrected chi connectivity index (χ0v) is 10.5. The number of carbonyl (C=O) groups is 1. The zero-order valence-electron chi connectivity index (χ0n) is 9.66. The molecule has 2 nitrogen and oxygen atoms in total. The van der Waals surface area contributed by atoms with Crippen LogP contribution in [0.2, 0.25) is 0 Å². The van der Waals surface area contributed by atoms with E-state index < -0.39 is 0 Å². The van der Waals surface area contributed by atoms with Gasteiger partial charge >= 0.3 is 0 Å². The van der Waals surface area contributed by atoms with Crippen LogP contribution in [0.15, 0.2) is 0 Å². The second-order valence-corrected chi connectivity index (χ2v) is 6.33. The van der Waals surface area contributed by atoms with E-state index in [1.807, 2.05) is 0 Å². The number of hydrogen-bond donors (Lipinski definition) is 0. The summed E-state index contributed by atoms with van der Waals surface area (Å²) in [5.41, 5.74) is 0.811. The lowest BCUT2D eigenvalue weighted by molar-refractivity contribution is 0.0968. The van der Waals surface area contributed by atoms with Gasteiger partial charge in [0.25, 0.3) is 0 Å². The van der Waals surface area contributed by atoms with E-state index in [2.05, 4.69) is 11.9 Å². The lowest BCUT2D eigenvalue weighted by atomic mass is 10.0. The molecule has 1 heterocycles. The van der Waals surface area contributed by atoms with Crippen molar-refractivity contribution in [2.75, 3.05) is 0 Å². The van der Waals surface area contributed by atoms with Crippen LogP contribution in [0.5, 0.6) is 0 Å². The van der Waals surface area contributed by atoms with E-state index in [0.29, 0.717) is 12.3 Å². The SMILES string of the molecule is CC1CCC(c2nc3c(s2)CCCC3=O)C1. The minimum Gasteiger partial charge on any atom is -0.292 e. The molecule has 1 aromatic heterocycles. The monoisotopic (exact) mass is 235 g/mol. The van der Waals surface area contributed by atoms with E-state index >= 15 is 0 Å². The lowest BCUT2D eigenvalue weighted by Crippen LogP contribution is -2.09. The third-order valence-corrected chi connectivity index (χ3v) is 5.11. The van der Waals surface area contributed by atoms with Crippen LogP contribution in [0.3, 0.4) is 0 Å². The first-order valence-corrected chi connectivity index (χ1v) is 7.08. The summed E-state index contributed by atoms with van der Waals surface area (Å²) in [6.07, 6.45) is 6.65. The maximum absolute atomic E-state index is 11.7. The molecule has 2 aliphatic carbocycles. The minimum atomic E-state index is 0.273. The summed E-state index contributed by atoms with van der Waals surface area (Å²) in [7, 11) is 0. The Morgan fingerprint density at radius 1 is 1.31 bits per heavy atom. The predicted octanol–water partition coefficient (Wildman–Crippen LogP) is 3.57. The number of hydrogen-bond acceptors (Lipinski definition) is 3. The molecular weight excluding hydrogens is 218 g/mol. The van der Waals surface area contributed by atoms with Gasteiger partial charge in [-0.1, -0.05) is 13.3 Å². The molecule has 1 aromatic rings. The van der Waals surface area contributed by atoms with Gasteiger partial charge in [0.1, 0.15) is 5.69 Å². The van der Waals surface area contributed by atoms with Crippen LogP contribution in [0.4, 0.5) is 0 Å². The van der Waals surface area contributed by atoms with Gasteiger partial charge in [0, 0.05) is 17.2 Å². The normalized spacial score (nSPS) is 29.4. The molecule has 3 rings (SSSR count). The van der Waals surface area contributed by atoms with Gasteiger partial charge in [0.05, 0.1) is 5.01 Å². The van der Waals surface area contributed by atoms with Crippen LogP contribution < -0.4 is 0 Å². The van der Waals surface area contributed by atoms with Crippen LogP contribution in [0.1, 0.15) is 65.3 Å². The fraction of sp³-hybridized carbons (Fsp3) is 0.692. The molecule has 0 N–H and O–H groups in total. The van der Waals surface area contributed by atoms with E-state index in [-0.39, 0.29) is 5.78 Å². The Morgan fingerprint density at radius 2 is 2.19 bits per heavy atom. The molecule has 2 atom stereocenters. The quantitative estimate of drug-likeness (QED) is 0.745. The third kappa shape index (κ3) is 1.71. The summed E-state index contributed by atoms with van der Waals surface area (Å²) >= 11 is 1.81. The second kappa shape index (κ2) is 3.95. The number of ketones is 1. The average Bonchev–Trinajstić information content (AvgIpc) is 2.84. The molecule has 0 bridgehead atoms. The van der Waals surface area contributed by atoms with Gasteiger partial charge in [0.15, 0.2) is 5.78 Å². The van der Waals surface area contributed by atoms with Crippen LogP contribution >= 0.6 is 11.3 Å². The third-order valence-electron chi connectivity index (χ3n) is 3.83. The molecule has 86 valence electrons. The molecule has 0 aliphatic heterocycles. The standard InChI is InChI=1S/C13H17NOS/c1-8-5-6-9(7-8)13-14-12-10(15)3-2-4-11(12)16-13/h8-9H,2-7H2,1H3. The van der Waals surface area contributed by atoms with E-state index in [1.165, 1.54) is 29.1 Å². The largest absolute Gasteiger partial charge is 0.292 e. The highest BCUT2D eigenvalue weighted by molar-refractivity contribution is 7.12. The van der Waals surface area contributed by atoms with E-state index in [0.717, 1.165) is 24.5 Å². The molecule has 16 heavy (non-hydrogen) atoms. The van der Waals surface area contributed by atoms with Crippen LogP contribution in [0.25, 0.3) is 0 Å². The van der Waals surface area contributed by atoms with Gasteiger partial charge in [0.2, 0.25) is 0 Å². The number of fused-ring (bicyclic) bond motifs is 1. The number of Topliss-reactive ketones (excluding diaryl/α,β-unsaturated/α-hetero) is 1. The lowest BCUT2D eigenvalue weighted by Gasteiger charge is -2.06. The summed E-state index contributed by atoms with van der Waals surface area (Å²) < 4.78 is 0. The highest BCUT2D eigenvalue weighted by Gasteiger charge is 2.29. The highest BCUT2D eigenvalue weighted by Crippen LogP contribution is 2.41. The van der Waals surface area contributed by atoms with Crippen molar-refractivity contribution >= 4 is 17.1 Å². The number of carbonyl (C=O) groups excluding carboxylic acids is 1. The summed E-state index contributed by atoms with van der Waals surface area (Å²) in [6, 6.07) is 0. The Morgan fingerprint density at radius 3 is 2.88 bits per heavy atom. The number of nitrogens with zero attached hydrogens (tertiary/aromatic N) is 1. The number of thiazole rings is 1. The Bertz CT molecular complexity index is 424. The minimum absolute atomic E-state index is 0.273. The molecule has 0 aromatic carbocycles. The first-order chi connectivity index (χ1) is 7.74. The topological polar surface area (TPSA) is 30.0 Å². The van der Waals surface area contributed by atoms with Gasteiger partial charge in [-0.15, -0.1) is 11.3 Å². The molecule has 0 radical (unpaired) electrons. The Kier molecular flexibility index (Phi) is 2.58. The van der Waals surface area contributed by atoms with Gasteiger partial charge in [-0.2, -0.15) is 0 Å². The van der Waals surface area contributed by atoms with Crippen molar-refractivity contribution in [3.8, 4) is 0 Å². The fourth-order valence-electron chi connectivity index (χ4n) is 2.89. The predicted molar refractivity (Wildman–Crippen MR) is 65.1 cm³/mol. The van der Waals surface area contributed by atoms with Crippen molar-refractivity contribution in [3.05, 3.63) is 15.6 Å². The Labute approximate surface area is 100 Å². The van der Waals surface area contributed by atoms with Gasteiger partial charge in [-0.25, -0.2) is 4.98 Å². The average molecular weight is 235 g/mol. The smallest absolute Gasteiger partial charge is 0.182 e. The Balaban J connectivity index is 1.89. The first-order valence-electron chi connectivity index (χ1n) is 6.27.